The fourth-order valence-corrected chi connectivity index (χ4v) is 4.11. The summed E-state index contributed by atoms with van der Waals surface area (Å²) in [5.74, 6) is 0.0868. The second kappa shape index (κ2) is 7.45. The summed E-state index contributed by atoms with van der Waals surface area (Å²) in [6.45, 7) is 0. The molecule has 5 aromatic rings. The van der Waals surface area contributed by atoms with Crippen LogP contribution in [-0.4, -0.2) is 19.7 Å². The first-order chi connectivity index (χ1) is 14.3. The van der Waals surface area contributed by atoms with Gasteiger partial charge in [0, 0.05) is 21.6 Å². The van der Waals surface area contributed by atoms with Gasteiger partial charge in [-0.1, -0.05) is 72.4 Å². The monoisotopic (exact) mass is 395 g/mol. The number of aromatic hydroxyl groups is 1. The maximum Gasteiger partial charge on any atom is 0.223 e. The van der Waals surface area contributed by atoms with Crippen LogP contribution >= 0.6 is 11.8 Å². The van der Waals surface area contributed by atoms with Crippen molar-refractivity contribution in [2.75, 3.05) is 0 Å². The van der Waals surface area contributed by atoms with Gasteiger partial charge in [-0.2, -0.15) is 9.61 Å². The molecule has 0 spiro atoms. The highest BCUT2D eigenvalue weighted by Gasteiger charge is 2.15. The van der Waals surface area contributed by atoms with Crippen LogP contribution in [0.15, 0.2) is 107 Å². The topological polar surface area (TPSA) is 50.4 Å². The van der Waals surface area contributed by atoms with E-state index in [2.05, 4.69) is 46.5 Å². The van der Waals surface area contributed by atoms with Crippen molar-refractivity contribution in [1.82, 2.24) is 14.6 Å². The largest absolute Gasteiger partial charge is 0.493 e. The molecule has 0 bridgehead atoms. The average Bonchev–Trinajstić information content (AvgIpc) is 3.21. The number of rotatable bonds is 4. The van der Waals surface area contributed by atoms with Crippen molar-refractivity contribution in [1.29, 1.82) is 0 Å². The van der Waals surface area contributed by atoms with Crippen molar-refractivity contribution < 1.29 is 5.11 Å². The number of hydrogen-bond donors (Lipinski definition) is 1. The van der Waals surface area contributed by atoms with E-state index in [1.165, 1.54) is 14.3 Å². The lowest BCUT2D eigenvalue weighted by Gasteiger charge is -2.07. The van der Waals surface area contributed by atoms with Crippen LogP contribution in [0.4, 0.5) is 0 Å². The molecule has 5 heteroatoms. The fourth-order valence-electron chi connectivity index (χ4n) is 3.27. The predicted octanol–water partition coefficient (Wildman–Crippen LogP) is 5.92. The van der Waals surface area contributed by atoms with Crippen LogP contribution in [0.5, 0.6) is 5.88 Å². The van der Waals surface area contributed by atoms with E-state index in [1.807, 2.05) is 48.5 Å². The van der Waals surface area contributed by atoms with Crippen LogP contribution in [0.3, 0.4) is 0 Å². The first-order valence-electron chi connectivity index (χ1n) is 9.24. The van der Waals surface area contributed by atoms with Gasteiger partial charge in [0.1, 0.15) is 0 Å². The number of aromatic nitrogens is 3. The maximum atomic E-state index is 10.7. The van der Waals surface area contributed by atoms with Crippen molar-refractivity contribution in [3.63, 3.8) is 0 Å². The SMILES string of the molecule is Oc1c(-c2ccccc2)cnc2c(-c3ccc(Sc4ccccc4)cc3)cnn12. The molecule has 0 aliphatic heterocycles. The van der Waals surface area contributed by atoms with E-state index in [0.29, 0.717) is 11.2 Å². The Bertz CT molecular complexity index is 1270. The number of nitrogens with zero attached hydrogens (tertiary/aromatic N) is 3. The van der Waals surface area contributed by atoms with Crippen LogP contribution in [0, 0.1) is 0 Å². The maximum absolute atomic E-state index is 10.7. The summed E-state index contributed by atoms with van der Waals surface area (Å²) < 4.78 is 1.49. The lowest BCUT2D eigenvalue weighted by Crippen LogP contribution is -1.94. The van der Waals surface area contributed by atoms with E-state index in [0.717, 1.165) is 16.7 Å². The Morgan fingerprint density at radius 3 is 2.00 bits per heavy atom. The number of fused-ring (bicyclic) bond motifs is 1. The van der Waals surface area contributed by atoms with Gasteiger partial charge in [0.05, 0.1) is 11.8 Å². The van der Waals surface area contributed by atoms with Gasteiger partial charge in [-0.3, -0.25) is 0 Å². The van der Waals surface area contributed by atoms with Gasteiger partial charge in [0.25, 0.3) is 0 Å². The van der Waals surface area contributed by atoms with Crippen molar-refractivity contribution in [2.45, 2.75) is 9.79 Å². The molecule has 0 saturated carbocycles. The van der Waals surface area contributed by atoms with Gasteiger partial charge in [-0.15, -0.1) is 0 Å². The Morgan fingerprint density at radius 1 is 0.655 bits per heavy atom. The zero-order chi connectivity index (χ0) is 19.6. The molecule has 0 amide bonds. The molecule has 2 heterocycles. The minimum atomic E-state index is 0.0868. The minimum Gasteiger partial charge on any atom is -0.493 e. The normalized spacial score (nSPS) is 11.0. The predicted molar refractivity (Wildman–Crippen MR) is 116 cm³/mol. The van der Waals surface area contributed by atoms with E-state index in [1.54, 1.807) is 24.2 Å². The highest BCUT2D eigenvalue weighted by atomic mass is 32.2. The molecule has 0 atom stereocenters. The van der Waals surface area contributed by atoms with Gasteiger partial charge in [-0.05, 0) is 35.4 Å². The van der Waals surface area contributed by atoms with E-state index in [-0.39, 0.29) is 5.88 Å². The molecule has 3 aromatic carbocycles. The van der Waals surface area contributed by atoms with Crippen LogP contribution in [0.1, 0.15) is 0 Å². The summed E-state index contributed by atoms with van der Waals surface area (Å²) in [6, 6.07) is 28.3. The van der Waals surface area contributed by atoms with Gasteiger partial charge in [0.15, 0.2) is 5.65 Å². The lowest BCUT2D eigenvalue weighted by atomic mass is 10.1. The first kappa shape index (κ1) is 17.5. The zero-order valence-corrected chi connectivity index (χ0v) is 16.3. The standard InChI is InChI=1S/C24H17N3OS/c28-24-22(17-7-3-1-4-8-17)15-25-23-21(16-26-27(23)24)18-11-13-20(14-12-18)29-19-9-5-2-6-10-19/h1-16,28H. The van der Waals surface area contributed by atoms with Crippen molar-refractivity contribution in [3.05, 3.63) is 97.3 Å². The highest BCUT2D eigenvalue weighted by molar-refractivity contribution is 7.99. The minimum absolute atomic E-state index is 0.0868. The molecule has 0 unspecified atom stereocenters. The van der Waals surface area contributed by atoms with E-state index in [9.17, 15) is 5.11 Å². The van der Waals surface area contributed by atoms with Crippen LogP contribution < -0.4 is 0 Å². The smallest absolute Gasteiger partial charge is 0.223 e. The molecule has 2 aromatic heterocycles. The second-order valence-corrected chi connectivity index (χ2v) is 7.74. The molecule has 4 nitrogen and oxygen atoms in total. The Morgan fingerprint density at radius 2 is 1.28 bits per heavy atom. The van der Waals surface area contributed by atoms with Crippen molar-refractivity contribution >= 4 is 17.4 Å². The van der Waals surface area contributed by atoms with Gasteiger partial charge >= 0.3 is 0 Å². The molecule has 140 valence electrons. The highest BCUT2D eigenvalue weighted by Crippen LogP contribution is 2.33. The van der Waals surface area contributed by atoms with E-state index < -0.39 is 0 Å². The Kier molecular flexibility index (Phi) is 4.50. The third-order valence-corrected chi connectivity index (χ3v) is 5.75. The summed E-state index contributed by atoms with van der Waals surface area (Å²) >= 11 is 1.72. The van der Waals surface area contributed by atoms with Crippen molar-refractivity contribution in [3.8, 4) is 28.1 Å². The summed E-state index contributed by atoms with van der Waals surface area (Å²) in [6.07, 6.45) is 3.45. The summed E-state index contributed by atoms with van der Waals surface area (Å²) in [4.78, 5) is 6.95. The molecular weight excluding hydrogens is 378 g/mol. The van der Waals surface area contributed by atoms with Crippen LogP contribution in [0.25, 0.3) is 27.9 Å². The van der Waals surface area contributed by atoms with Gasteiger partial charge in [-0.25, -0.2) is 4.98 Å². The Labute approximate surface area is 172 Å². The summed E-state index contributed by atoms with van der Waals surface area (Å²) in [5.41, 5.74) is 4.08. The molecule has 0 radical (unpaired) electrons. The molecule has 0 fully saturated rings. The van der Waals surface area contributed by atoms with Gasteiger partial charge < -0.3 is 5.11 Å². The molecule has 29 heavy (non-hydrogen) atoms. The second-order valence-electron chi connectivity index (χ2n) is 6.59. The van der Waals surface area contributed by atoms with Crippen LogP contribution in [0.2, 0.25) is 0 Å². The summed E-state index contributed by atoms with van der Waals surface area (Å²) in [5, 5.41) is 15.1. The lowest BCUT2D eigenvalue weighted by molar-refractivity contribution is 0.437. The number of hydrogen-bond acceptors (Lipinski definition) is 4. The molecule has 1 N–H and O–H groups in total. The van der Waals surface area contributed by atoms with Crippen molar-refractivity contribution in [2.24, 2.45) is 0 Å². The Hall–Kier alpha value is -3.57. The van der Waals surface area contributed by atoms with E-state index >= 15 is 0 Å². The molecular formula is C24H17N3OS. The molecule has 5 rings (SSSR count). The number of benzene rings is 3. The van der Waals surface area contributed by atoms with E-state index in [4.69, 9.17) is 0 Å². The van der Waals surface area contributed by atoms with Crippen LogP contribution in [-0.2, 0) is 0 Å². The summed E-state index contributed by atoms with van der Waals surface area (Å²) in [7, 11) is 0. The molecule has 0 saturated heterocycles. The molecule has 0 aliphatic rings. The quantitative estimate of drug-likeness (QED) is 0.410. The first-order valence-corrected chi connectivity index (χ1v) is 10.1. The van der Waals surface area contributed by atoms with Gasteiger partial charge in [0.2, 0.25) is 5.88 Å². The third kappa shape index (κ3) is 3.37. The third-order valence-electron chi connectivity index (χ3n) is 4.73. The zero-order valence-electron chi connectivity index (χ0n) is 15.4. The average molecular weight is 395 g/mol. The fraction of sp³-hybridized carbons (Fsp3) is 0. The molecule has 0 aliphatic carbocycles. The Balaban J connectivity index is 1.48.